The van der Waals surface area contributed by atoms with Gasteiger partial charge in [-0.25, -0.2) is 0 Å². The van der Waals surface area contributed by atoms with Crippen molar-refractivity contribution in [3.05, 3.63) is 23.8 Å². The van der Waals surface area contributed by atoms with E-state index in [1.807, 2.05) is 6.07 Å². The molecule has 0 aromatic heterocycles. The molecule has 3 rings (SSSR count). The molecule has 1 aliphatic heterocycles. The molecule has 3 atom stereocenters. The first-order valence-corrected chi connectivity index (χ1v) is 8.42. The van der Waals surface area contributed by atoms with Crippen molar-refractivity contribution in [1.82, 2.24) is 5.32 Å². The third-order valence-electron chi connectivity index (χ3n) is 4.91. The zero-order valence-corrected chi connectivity index (χ0v) is 13.2. The lowest BCUT2D eigenvalue weighted by molar-refractivity contribution is 0.171. The summed E-state index contributed by atoms with van der Waals surface area (Å²) in [5, 5.41) is 3.81. The smallest absolute Gasteiger partial charge is 0.161 e. The summed E-state index contributed by atoms with van der Waals surface area (Å²) in [7, 11) is 0. The van der Waals surface area contributed by atoms with Crippen LogP contribution in [0.2, 0.25) is 0 Å². The monoisotopic (exact) mass is 289 g/mol. The fraction of sp³-hybridized carbons (Fsp3) is 0.667. The molecule has 2 aliphatic rings. The van der Waals surface area contributed by atoms with Crippen molar-refractivity contribution >= 4 is 0 Å². The maximum absolute atomic E-state index is 5.69. The lowest BCUT2D eigenvalue weighted by atomic mass is 9.84. The molecule has 1 aromatic rings. The van der Waals surface area contributed by atoms with Crippen LogP contribution in [0.5, 0.6) is 11.5 Å². The minimum atomic E-state index is 0.362. The molecule has 1 N–H and O–H groups in total. The third kappa shape index (κ3) is 3.52. The molecule has 1 fully saturated rings. The SMILES string of the molecule is CCC1CCCC(NC(C)c2ccc3c(c2)OCCO3)C1. The minimum Gasteiger partial charge on any atom is -0.486 e. The van der Waals surface area contributed by atoms with Crippen LogP contribution < -0.4 is 14.8 Å². The van der Waals surface area contributed by atoms with E-state index in [0.29, 0.717) is 25.3 Å². The highest BCUT2D eigenvalue weighted by Crippen LogP contribution is 2.33. The molecule has 0 bridgehead atoms. The van der Waals surface area contributed by atoms with Crippen molar-refractivity contribution in [1.29, 1.82) is 0 Å². The van der Waals surface area contributed by atoms with Crippen LogP contribution in [-0.2, 0) is 0 Å². The normalized spacial score (nSPS) is 26.4. The summed E-state index contributed by atoms with van der Waals surface area (Å²) in [5.41, 5.74) is 1.29. The van der Waals surface area contributed by atoms with Crippen molar-refractivity contribution < 1.29 is 9.47 Å². The van der Waals surface area contributed by atoms with Gasteiger partial charge in [-0.15, -0.1) is 0 Å². The Morgan fingerprint density at radius 3 is 2.81 bits per heavy atom. The molecule has 0 radical (unpaired) electrons. The zero-order valence-electron chi connectivity index (χ0n) is 13.2. The molecule has 21 heavy (non-hydrogen) atoms. The molecular weight excluding hydrogens is 262 g/mol. The van der Waals surface area contributed by atoms with Crippen LogP contribution in [-0.4, -0.2) is 19.3 Å². The summed E-state index contributed by atoms with van der Waals surface area (Å²) in [4.78, 5) is 0. The van der Waals surface area contributed by atoms with Crippen LogP contribution in [0.3, 0.4) is 0 Å². The first kappa shape index (κ1) is 14.7. The van der Waals surface area contributed by atoms with Gasteiger partial charge in [0.25, 0.3) is 0 Å². The van der Waals surface area contributed by atoms with Gasteiger partial charge in [0, 0.05) is 12.1 Å². The van der Waals surface area contributed by atoms with Gasteiger partial charge in [-0.2, -0.15) is 0 Å². The molecule has 1 aliphatic carbocycles. The molecule has 3 unspecified atom stereocenters. The molecule has 0 amide bonds. The lowest BCUT2D eigenvalue weighted by Gasteiger charge is -2.32. The van der Waals surface area contributed by atoms with Crippen LogP contribution in [0.1, 0.15) is 57.6 Å². The second-order valence-corrected chi connectivity index (χ2v) is 6.43. The predicted octanol–water partition coefficient (Wildman–Crippen LogP) is 4.08. The van der Waals surface area contributed by atoms with E-state index in [1.54, 1.807) is 0 Å². The van der Waals surface area contributed by atoms with E-state index < -0.39 is 0 Å². The highest BCUT2D eigenvalue weighted by molar-refractivity contribution is 5.44. The largest absolute Gasteiger partial charge is 0.486 e. The van der Waals surface area contributed by atoms with Crippen molar-refractivity contribution in [2.45, 2.75) is 58.0 Å². The van der Waals surface area contributed by atoms with E-state index in [9.17, 15) is 0 Å². The van der Waals surface area contributed by atoms with Gasteiger partial charge < -0.3 is 14.8 Å². The van der Waals surface area contributed by atoms with Gasteiger partial charge in [0.15, 0.2) is 11.5 Å². The standard InChI is InChI=1S/C18H27NO2/c1-3-14-5-4-6-16(11-14)19-13(2)15-7-8-17-18(12-15)21-10-9-20-17/h7-8,12-14,16,19H,3-6,9-11H2,1-2H3. The predicted molar refractivity (Wildman–Crippen MR) is 85.0 cm³/mol. The number of nitrogens with one attached hydrogen (secondary N) is 1. The van der Waals surface area contributed by atoms with Crippen LogP contribution in [0, 0.1) is 5.92 Å². The first-order chi connectivity index (χ1) is 10.3. The van der Waals surface area contributed by atoms with Gasteiger partial charge in [0.2, 0.25) is 0 Å². The Hall–Kier alpha value is -1.22. The number of rotatable bonds is 4. The van der Waals surface area contributed by atoms with Crippen LogP contribution in [0.4, 0.5) is 0 Å². The zero-order chi connectivity index (χ0) is 14.7. The van der Waals surface area contributed by atoms with E-state index >= 15 is 0 Å². The number of fused-ring (bicyclic) bond motifs is 1. The van der Waals surface area contributed by atoms with Gasteiger partial charge in [-0.05, 0) is 43.4 Å². The van der Waals surface area contributed by atoms with E-state index in [2.05, 4.69) is 31.3 Å². The highest BCUT2D eigenvalue weighted by atomic mass is 16.6. The molecular formula is C18H27NO2. The maximum Gasteiger partial charge on any atom is 0.161 e. The van der Waals surface area contributed by atoms with Crippen molar-refractivity contribution in [2.24, 2.45) is 5.92 Å². The quantitative estimate of drug-likeness (QED) is 0.906. The van der Waals surface area contributed by atoms with E-state index in [0.717, 1.165) is 17.4 Å². The van der Waals surface area contributed by atoms with Crippen LogP contribution in [0.15, 0.2) is 18.2 Å². The second kappa shape index (κ2) is 6.69. The van der Waals surface area contributed by atoms with E-state index in [-0.39, 0.29) is 0 Å². The summed E-state index contributed by atoms with van der Waals surface area (Å²) in [5.74, 6) is 2.67. The van der Waals surface area contributed by atoms with Crippen molar-refractivity contribution in [3.8, 4) is 11.5 Å². The number of benzene rings is 1. The second-order valence-electron chi connectivity index (χ2n) is 6.43. The number of ether oxygens (including phenoxy) is 2. The molecule has 1 saturated carbocycles. The Morgan fingerprint density at radius 2 is 2.00 bits per heavy atom. The molecule has 3 heteroatoms. The van der Waals surface area contributed by atoms with Crippen LogP contribution in [0.25, 0.3) is 0 Å². The highest BCUT2D eigenvalue weighted by Gasteiger charge is 2.23. The summed E-state index contributed by atoms with van der Waals surface area (Å²) in [6, 6.07) is 7.35. The van der Waals surface area contributed by atoms with Gasteiger partial charge in [0.1, 0.15) is 13.2 Å². The summed E-state index contributed by atoms with van der Waals surface area (Å²) < 4.78 is 11.3. The van der Waals surface area contributed by atoms with Crippen molar-refractivity contribution in [3.63, 3.8) is 0 Å². The molecule has 1 heterocycles. The van der Waals surface area contributed by atoms with Gasteiger partial charge >= 0.3 is 0 Å². The topological polar surface area (TPSA) is 30.5 Å². The van der Waals surface area contributed by atoms with E-state index in [1.165, 1.54) is 37.7 Å². The average Bonchev–Trinajstić information content (AvgIpc) is 2.54. The molecule has 0 saturated heterocycles. The molecule has 1 aromatic carbocycles. The molecule has 116 valence electrons. The van der Waals surface area contributed by atoms with Gasteiger partial charge in [-0.3, -0.25) is 0 Å². The summed E-state index contributed by atoms with van der Waals surface area (Å²) in [6.45, 7) is 5.87. The number of hydrogen-bond acceptors (Lipinski definition) is 3. The Balaban J connectivity index is 1.63. The average molecular weight is 289 g/mol. The Kier molecular flexibility index (Phi) is 4.69. The fourth-order valence-electron chi connectivity index (χ4n) is 3.59. The lowest BCUT2D eigenvalue weighted by Crippen LogP contribution is -2.35. The fourth-order valence-corrected chi connectivity index (χ4v) is 3.59. The number of hydrogen-bond donors (Lipinski definition) is 1. The summed E-state index contributed by atoms with van der Waals surface area (Å²) in [6.07, 6.45) is 6.73. The van der Waals surface area contributed by atoms with Gasteiger partial charge in [0.05, 0.1) is 0 Å². The first-order valence-electron chi connectivity index (χ1n) is 8.42. The molecule has 3 nitrogen and oxygen atoms in total. The van der Waals surface area contributed by atoms with Crippen LogP contribution >= 0.6 is 0 Å². The molecule has 0 spiro atoms. The van der Waals surface area contributed by atoms with Gasteiger partial charge in [-0.1, -0.05) is 32.3 Å². The summed E-state index contributed by atoms with van der Waals surface area (Å²) >= 11 is 0. The Labute approximate surface area is 128 Å². The van der Waals surface area contributed by atoms with E-state index in [4.69, 9.17) is 9.47 Å². The minimum absolute atomic E-state index is 0.362. The Bertz CT molecular complexity index is 474. The van der Waals surface area contributed by atoms with Crippen molar-refractivity contribution in [2.75, 3.05) is 13.2 Å². The maximum atomic E-state index is 5.69. The Morgan fingerprint density at radius 1 is 1.19 bits per heavy atom. The third-order valence-corrected chi connectivity index (χ3v) is 4.91.